The Labute approximate surface area is 193 Å². The first-order valence-corrected chi connectivity index (χ1v) is 10.4. The van der Waals surface area contributed by atoms with Crippen LogP contribution in [0.2, 0.25) is 10.0 Å². The molecule has 0 aromatic heterocycles. The zero-order valence-corrected chi connectivity index (χ0v) is 18.3. The van der Waals surface area contributed by atoms with Crippen LogP contribution in [0.4, 0.5) is 11.4 Å². The predicted octanol–water partition coefficient (Wildman–Crippen LogP) is 4.53. The summed E-state index contributed by atoms with van der Waals surface area (Å²) in [6.07, 6.45) is 2.89. The van der Waals surface area contributed by atoms with Gasteiger partial charge in [-0.3, -0.25) is 29.8 Å². The van der Waals surface area contributed by atoms with E-state index in [1.165, 1.54) is 24.3 Å². The molecule has 0 aliphatic carbocycles. The molecule has 0 saturated carbocycles. The van der Waals surface area contributed by atoms with Crippen molar-refractivity contribution in [3.8, 4) is 0 Å². The van der Waals surface area contributed by atoms with Crippen LogP contribution in [0, 0.1) is 20.2 Å². The van der Waals surface area contributed by atoms with Gasteiger partial charge in [0.1, 0.15) is 0 Å². The summed E-state index contributed by atoms with van der Waals surface area (Å²) in [4.78, 5) is 44.8. The third kappa shape index (κ3) is 7.17. The Morgan fingerprint density at radius 3 is 1.44 bits per heavy atom. The second-order valence-corrected chi connectivity index (χ2v) is 7.58. The fourth-order valence-electron chi connectivity index (χ4n) is 2.80. The van der Waals surface area contributed by atoms with E-state index in [4.69, 9.17) is 23.2 Å². The van der Waals surface area contributed by atoms with Gasteiger partial charge in [-0.1, -0.05) is 36.0 Å². The summed E-state index contributed by atoms with van der Waals surface area (Å²) in [5.74, 6) is -0.973. The summed E-state index contributed by atoms with van der Waals surface area (Å²) >= 11 is 11.9. The van der Waals surface area contributed by atoms with E-state index in [2.05, 4.69) is 10.6 Å². The number of rotatable bonds is 11. The molecule has 170 valence electrons. The van der Waals surface area contributed by atoms with Gasteiger partial charge in [0.25, 0.3) is 23.2 Å². The van der Waals surface area contributed by atoms with E-state index in [1.807, 2.05) is 0 Å². The van der Waals surface area contributed by atoms with Gasteiger partial charge in [0, 0.05) is 37.4 Å². The number of nitro groups is 2. The molecule has 2 amide bonds. The molecule has 2 N–H and O–H groups in total. The first-order valence-electron chi connectivity index (χ1n) is 9.65. The average molecular weight is 483 g/mol. The lowest BCUT2D eigenvalue weighted by atomic mass is 10.1. The molecule has 0 bridgehead atoms. The van der Waals surface area contributed by atoms with Crippen LogP contribution in [0.3, 0.4) is 0 Å². The first kappa shape index (κ1) is 25.0. The maximum atomic E-state index is 12.2. The number of benzene rings is 2. The predicted molar refractivity (Wildman–Crippen MR) is 119 cm³/mol. The highest BCUT2D eigenvalue weighted by Crippen LogP contribution is 2.23. The van der Waals surface area contributed by atoms with Crippen LogP contribution in [0.5, 0.6) is 0 Å². The summed E-state index contributed by atoms with van der Waals surface area (Å²) in [6.45, 7) is 0.737. The van der Waals surface area contributed by atoms with Crippen LogP contribution in [0.25, 0.3) is 0 Å². The van der Waals surface area contributed by atoms with Gasteiger partial charge >= 0.3 is 0 Å². The minimum atomic E-state index is -0.598. The summed E-state index contributed by atoms with van der Waals surface area (Å²) in [5.41, 5.74) is -0.340. The molecule has 0 radical (unpaired) electrons. The standard InChI is InChI=1S/C20H20Cl2N4O6/c21-17-7-5-13(25(29)30)11-15(17)19(27)23-9-3-1-2-4-10-24-20(28)16-12-14(26(31)32)6-8-18(16)22/h5-8,11-12H,1-4,9-10H2,(H,23,27)(H,24,28). The fourth-order valence-corrected chi connectivity index (χ4v) is 3.21. The monoisotopic (exact) mass is 482 g/mol. The van der Waals surface area contributed by atoms with Crippen LogP contribution in [-0.2, 0) is 0 Å². The van der Waals surface area contributed by atoms with Crippen LogP contribution >= 0.6 is 23.2 Å². The molecule has 32 heavy (non-hydrogen) atoms. The summed E-state index contributed by atoms with van der Waals surface area (Å²) < 4.78 is 0. The number of hydrogen-bond acceptors (Lipinski definition) is 6. The van der Waals surface area contributed by atoms with Crippen molar-refractivity contribution in [1.82, 2.24) is 10.6 Å². The Balaban J connectivity index is 1.67. The molecule has 0 atom stereocenters. The maximum Gasteiger partial charge on any atom is 0.270 e. The zero-order chi connectivity index (χ0) is 23.7. The summed E-state index contributed by atoms with van der Waals surface area (Å²) in [5, 5.41) is 27.3. The third-order valence-corrected chi connectivity index (χ3v) is 5.14. The lowest BCUT2D eigenvalue weighted by molar-refractivity contribution is -0.385. The maximum absolute atomic E-state index is 12.2. The van der Waals surface area contributed by atoms with E-state index < -0.39 is 21.7 Å². The van der Waals surface area contributed by atoms with Crippen LogP contribution in [-0.4, -0.2) is 34.8 Å². The molecule has 0 unspecified atom stereocenters. The molecule has 2 aromatic carbocycles. The molecule has 10 nitrogen and oxygen atoms in total. The van der Waals surface area contributed by atoms with Crippen molar-refractivity contribution >= 4 is 46.4 Å². The van der Waals surface area contributed by atoms with Gasteiger partial charge in [0.15, 0.2) is 0 Å². The van der Waals surface area contributed by atoms with Gasteiger partial charge in [-0.2, -0.15) is 0 Å². The second kappa shape index (κ2) is 12.0. The van der Waals surface area contributed by atoms with Crippen LogP contribution < -0.4 is 10.6 Å². The third-order valence-electron chi connectivity index (χ3n) is 4.49. The molecule has 12 heteroatoms. The van der Waals surface area contributed by atoms with Crippen molar-refractivity contribution < 1.29 is 19.4 Å². The Morgan fingerprint density at radius 1 is 0.719 bits per heavy atom. The van der Waals surface area contributed by atoms with E-state index >= 15 is 0 Å². The number of nitro benzene ring substituents is 2. The average Bonchev–Trinajstić information content (AvgIpc) is 2.75. The molecule has 0 aliphatic heterocycles. The number of hydrogen-bond donors (Lipinski definition) is 2. The number of halogens is 2. The molecular weight excluding hydrogens is 463 g/mol. The lowest BCUT2D eigenvalue weighted by Crippen LogP contribution is -2.25. The van der Waals surface area contributed by atoms with Crippen molar-refractivity contribution in [3.63, 3.8) is 0 Å². The highest BCUT2D eigenvalue weighted by molar-refractivity contribution is 6.34. The Bertz CT molecular complexity index is 950. The van der Waals surface area contributed by atoms with E-state index in [0.717, 1.165) is 25.0 Å². The van der Waals surface area contributed by atoms with Gasteiger partial charge in [-0.05, 0) is 25.0 Å². The molecule has 0 heterocycles. The van der Waals surface area contributed by atoms with E-state index in [-0.39, 0.29) is 32.5 Å². The number of carbonyl (C=O) groups excluding carboxylic acids is 2. The van der Waals surface area contributed by atoms with Crippen molar-refractivity contribution in [3.05, 3.63) is 77.8 Å². The van der Waals surface area contributed by atoms with E-state index in [1.54, 1.807) is 0 Å². The number of amides is 2. The number of nitrogens with zero attached hydrogens (tertiary/aromatic N) is 2. The molecule has 2 rings (SSSR count). The SMILES string of the molecule is O=C(NCCCCCCNC(=O)c1cc([N+](=O)[O-])ccc1Cl)c1cc([N+](=O)[O-])ccc1Cl. The zero-order valence-electron chi connectivity index (χ0n) is 16.8. The fraction of sp³-hybridized carbons (Fsp3) is 0.300. The number of carbonyl (C=O) groups is 2. The van der Waals surface area contributed by atoms with Gasteiger partial charge in [-0.25, -0.2) is 0 Å². The molecule has 0 spiro atoms. The molecule has 0 saturated heterocycles. The van der Waals surface area contributed by atoms with Gasteiger partial charge in [0.05, 0.1) is 31.0 Å². The Hall–Kier alpha value is -3.24. The smallest absolute Gasteiger partial charge is 0.270 e. The van der Waals surface area contributed by atoms with Gasteiger partial charge in [0.2, 0.25) is 0 Å². The minimum Gasteiger partial charge on any atom is -0.352 e. The number of nitrogens with one attached hydrogen (secondary N) is 2. The van der Waals surface area contributed by atoms with Crippen molar-refractivity contribution in [2.24, 2.45) is 0 Å². The topological polar surface area (TPSA) is 144 Å². The molecular formula is C20H20Cl2N4O6. The first-order chi connectivity index (χ1) is 15.2. The van der Waals surface area contributed by atoms with Gasteiger partial charge in [-0.15, -0.1) is 0 Å². The van der Waals surface area contributed by atoms with Crippen molar-refractivity contribution in [1.29, 1.82) is 0 Å². The summed E-state index contributed by atoms with van der Waals surface area (Å²) in [6, 6.07) is 7.34. The largest absolute Gasteiger partial charge is 0.352 e. The van der Waals surface area contributed by atoms with E-state index in [9.17, 15) is 29.8 Å². The van der Waals surface area contributed by atoms with E-state index in [0.29, 0.717) is 25.9 Å². The van der Waals surface area contributed by atoms with Gasteiger partial charge < -0.3 is 10.6 Å². The second-order valence-electron chi connectivity index (χ2n) is 6.77. The molecule has 0 fully saturated rings. The Morgan fingerprint density at radius 2 is 1.09 bits per heavy atom. The van der Waals surface area contributed by atoms with Crippen LogP contribution in [0.15, 0.2) is 36.4 Å². The minimum absolute atomic E-state index is 0.0448. The van der Waals surface area contributed by atoms with Crippen molar-refractivity contribution in [2.45, 2.75) is 25.7 Å². The normalized spacial score (nSPS) is 10.4. The number of non-ortho nitro benzene ring substituents is 2. The van der Waals surface area contributed by atoms with Crippen LogP contribution in [0.1, 0.15) is 46.4 Å². The molecule has 2 aromatic rings. The lowest BCUT2D eigenvalue weighted by Gasteiger charge is -2.08. The summed E-state index contributed by atoms with van der Waals surface area (Å²) in [7, 11) is 0. The quantitative estimate of drug-likeness (QED) is 0.273. The highest BCUT2D eigenvalue weighted by Gasteiger charge is 2.16. The molecule has 0 aliphatic rings. The highest BCUT2D eigenvalue weighted by atomic mass is 35.5. The number of unbranched alkanes of at least 4 members (excludes halogenated alkanes) is 3. The Kier molecular flexibility index (Phi) is 9.36. The van der Waals surface area contributed by atoms with Crippen molar-refractivity contribution in [2.75, 3.05) is 13.1 Å².